The molecule has 0 spiro atoms. The van der Waals surface area contributed by atoms with Crippen LogP contribution in [0.4, 0.5) is 5.69 Å². The first-order valence-electron chi connectivity index (χ1n) is 3.71. The summed E-state index contributed by atoms with van der Waals surface area (Å²) in [7, 11) is 1.48. The molecule has 0 unspecified atom stereocenters. The Labute approximate surface area is 88.1 Å². The molecular formula is C9H12IN2O-. The first-order chi connectivity index (χ1) is 6.19. The number of hydrogen-bond donors (Lipinski definition) is 2. The van der Waals surface area contributed by atoms with Gasteiger partial charge in [0.25, 0.3) is 0 Å². The number of hydrogen-bond acceptors (Lipinski definition) is 3. The Morgan fingerprint density at radius 3 is 2.77 bits per heavy atom. The topological polar surface area (TPSA) is 59.1 Å². The fourth-order valence-corrected chi connectivity index (χ4v) is 2.11. The molecule has 3 nitrogen and oxygen atoms in total. The van der Waals surface area contributed by atoms with Crippen molar-refractivity contribution in [2.45, 2.75) is 0 Å². The van der Waals surface area contributed by atoms with Crippen LogP contribution in [0.1, 0.15) is 5.56 Å². The van der Waals surface area contributed by atoms with E-state index in [0.29, 0.717) is 11.3 Å². The third-order valence-corrected chi connectivity index (χ3v) is 3.60. The van der Waals surface area contributed by atoms with Gasteiger partial charge in [-0.15, -0.1) is 0 Å². The summed E-state index contributed by atoms with van der Waals surface area (Å²) in [6, 6.07) is 5.78. The van der Waals surface area contributed by atoms with E-state index in [1.807, 2.05) is 18.2 Å². The molecule has 0 bridgehead atoms. The molecule has 13 heavy (non-hydrogen) atoms. The summed E-state index contributed by atoms with van der Waals surface area (Å²) in [6.07, 6.45) is 0. The second-order valence-corrected chi connectivity index (χ2v) is 4.78. The van der Waals surface area contributed by atoms with E-state index in [4.69, 9.17) is 15.9 Å². The number of ether oxygens (including phenoxy) is 1. The van der Waals surface area contributed by atoms with Gasteiger partial charge in [0.15, 0.2) is 0 Å². The maximum atomic E-state index is 7.50. The van der Waals surface area contributed by atoms with Crippen LogP contribution >= 0.6 is 0 Å². The molecule has 72 valence electrons. The zero-order valence-electron chi connectivity index (χ0n) is 7.60. The number of nitrogens with one attached hydrogen (secondary N) is 1. The molecule has 0 saturated carbocycles. The number of halogens is 1. The SMILES string of the molecule is COC(=N)c1cc([I-]C)ccc1N. The number of benzene rings is 1. The van der Waals surface area contributed by atoms with Crippen molar-refractivity contribution >= 4 is 11.6 Å². The van der Waals surface area contributed by atoms with Crippen LogP contribution in [0, 0.1) is 8.98 Å². The van der Waals surface area contributed by atoms with E-state index in [1.54, 1.807) is 0 Å². The van der Waals surface area contributed by atoms with Gasteiger partial charge in [-0.2, -0.15) is 0 Å². The Morgan fingerprint density at radius 1 is 1.54 bits per heavy atom. The zero-order chi connectivity index (χ0) is 9.84. The van der Waals surface area contributed by atoms with Gasteiger partial charge >= 0.3 is 88.0 Å². The summed E-state index contributed by atoms with van der Waals surface area (Å²) in [5, 5.41) is 7.50. The van der Waals surface area contributed by atoms with Gasteiger partial charge in [-0.1, -0.05) is 0 Å². The molecule has 0 heterocycles. The molecule has 1 aromatic carbocycles. The molecule has 3 N–H and O–H groups in total. The van der Waals surface area contributed by atoms with Crippen LogP contribution in [0.5, 0.6) is 0 Å². The van der Waals surface area contributed by atoms with Crippen molar-refractivity contribution in [3.8, 4) is 0 Å². The molecular weight excluding hydrogens is 279 g/mol. The minimum absolute atomic E-state index is 0.0412. The minimum atomic E-state index is 0.0412. The molecule has 0 radical (unpaired) electrons. The van der Waals surface area contributed by atoms with Crippen LogP contribution in [0.2, 0.25) is 0 Å². The van der Waals surface area contributed by atoms with Crippen molar-refractivity contribution in [1.82, 2.24) is 0 Å². The Hall–Kier alpha value is -0.780. The molecule has 0 saturated heterocycles. The average Bonchev–Trinajstić information content (AvgIpc) is 2.17. The third-order valence-electron chi connectivity index (χ3n) is 1.68. The fourth-order valence-electron chi connectivity index (χ4n) is 0.953. The van der Waals surface area contributed by atoms with Crippen molar-refractivity contribution in [3.05, 3.63) is 27.3 Å². The molecule has 0 aliphatic carbocycles. The molecule has 0 amide bonds. The quantitative estimate of drug-likeness (QED) is 0.220. The summed E-state index contributed by atoms with van der Waals surface area (Å²) >= 11 is 0.0412. The van der Waals surface area contributed by atoms with Crippen LogP contribution < -0.4 is 26.9 Å². The normalized spacial score (nSPS) is 10.0. The number of nitrogen functional groups attached to an aromatic ring is 1. The second kappa shape index (κ2) is 4.45. The molecule has 0 fully saturated rings. The van der Waals surface area contributed by atoms with E-state index in [0.717, 1.165) is 0 Å². The van der Waals surface area contributed by atoms with Crippen molar-refractivity contribution < 1.29 is 25.9 Å². The molecule has 1 rings (SSSR count). The number of anilines is 1. The average molecular weight is 291 g/mol. The van der Waals surface area contributed by atoms with E-state index in [-0.39, 0.29) is 27.1 Å². The van der Waals surface area contributed by atoms with Crippen molar-refractivity contribution in [1.29, 1.82) is 5.41 Å². The van der Waals surface area contributed by atoms with Crippen LogP contribution in [-0.4, -0.2) is 17.9 Å². The van der Waals surface area contributed by atoms with Gasteiger partial charge < -0.3 is 0 Å². The standard InChI is InChI=1S/C9H12IN2O/c1-10-6-3-4-8(11)7(5-6)9(12)13-2/h3-5,12H,11H2,1-2H3/q-1. The summed E-state index contributed by atoms with van der Waals surface area (Å²) in [5.41, 5.74) is 7.01. The van der Waals surface area contributed by atoms with Crippen LogP contribution in [-0.2, 0) is 4.74 Å². The third kappa shape index (κ3) is 2.33. The molecule has 4 heteroatoms. The van der Waals surface area contributed by atoms with E-state index >= 15 is 0 Å². The molecule has 0 aliphatic heterocycles. The first-order valence-corrected chi connectivity index (χ1v) is 6.94. The van der Waals surface area contributed by atoms with Gasteiger partial charge in [0, 0.05) is 0 Å². The van der Waals surface area contributed by atoms with E-state index in [1.165, 1.54) is 10.7 Å². The zero-order valence-corrected chi connectivity index (χ0v) is 9.75. The Morgan fingerprint density at radius 2 is 2.23 bits per heavy atom. The van der Waals surface area contributed by atoms with Gasteiger partial charge in [0.05, 0.1) is 0 Å². The van der Waals surface area contributed by atoms with E-state index < -0.39 is 0 Å². The van der Waals surface area contributed by atoms with Crippen LogP contribution in [0.3, 0.4) is 0 Å². The van der Waals surface area contributed by atoms with Gasteiger partial charge in [0.2, 0.25) is 0 Å². The van der Waals surface area contributed by atoms with Crippen LogP contribution in [0.25, 0.3) is 0 Å². The van der Waals surface area contributed by atoms with Crippen molar-refractivity contribution in [2.75, 3.05) is 17.8 Å². The Bertz CT molecular complexity index is 325. The van der Waals surface area contributed by atoms with Gasteiger partial charge in [-0.3, -0.25) is 0 Å². The molecule has 0 aromatic heterocycles. The summed E-state index contributed by atoms with van der Waals surface area (Å²) in [6.45, 7) is 0. The molecule has 1 aromatic rings. The summed E-state index contributed by atoms with van der Waals surface area (Å²) in [4.78, 5) is 2.17. The number of nitrogens with two attached hydrogens (primary N) is 1. The maximum absolute atomic E-state index is 7.50. The first kappa shape index (κ1) is 10.3. The summed E-state index contributed by atoms with van der Waals surface area (Å²) < 4.78 is 6.10. The van der Waals surface area contributed by atoms with Crippen molar-refractivity contribution in [3.63, 3.8) is 0 Å². The number of alkyl halides is 1. The predicted molar refractivity (Wildman–Crippen MR) is 49.3 cm³/mol. The summed E-state index contributed by atoms with van der Waals surface area (Å²) in [5.74, 6) is 0.136. The Balaban J connectivity index is 3.11. The molecule has 0 aliphatic rings. The van der Waals surface area contributed by atoms with Crippen LogP contribution in [0.15, 0.2) is 18.2 Å². The van der Waals surface area contributed by atoms with Gasteiger partial charge in [-0.25, -0.2) is 0 Å². The molecule has 0 atom stereocenters. The number of rotatable bonds is 2. The Kier molecular flexibility index (Phi) is 3.53. The van der Waals surface area contributed by atoms with Gasteiger partial charge in [-0.05, 0) is 0 Å². The number of methoxy groups -OCH3 is 1. The van der Waals surface area contributed by atoms with E-state index in [2.05, 4.69) is 4.93 Å². The monoisotopic (exact) mass is 291 g/mol. The van der Waals surface area contributed by atoms with E-state index in [9.17, 15) is 0 Å². The van der Waals surface area contributed by atoms with Crippen molar-refractivity contribution in [2.24, 2.45) is 0 Å². The fraction of sp³-hybridized carbons (Fsp3) is 0.222. The van der Waals surface area contributed by atoms with Gasteiger partial charge in [0.1, 0.15) is 0 Å². The predicted octanol–water partition coefficient (Wildman–Crippen LogP) is -1.87. The second-order valence-electron chi connectivity index (χ2n) is 2.45.